The number of hydrogen-bond acceptors (Lipinski definition) is 5. The van der Waals surface area contributed by atoms with Gasteiger partial charge < -0.3 is 10.1 Å². The summed E-state index contributed by atoms with van der Waals surface area (Å²) in [6, 6.07) is 0.113. The van der Waals surface area contributed by atoms with Crippen LogP contribution in [0.15, 0.2) is 92.0 Å². The van der Waals surface area contributed by atoms with Gasteiger partial charge in [-0.25, -0.2) is 15.0 Å². The van der Waals surface area contributed by atoms with E-state index in [-0.39, 0.29) is 23.1 Å². The summed E-state index contributed by atoms with van der Waals surface area (Å²) in [5.41, 5.74) is 4.90. The highest BCUT2D eigenvalue weighted by Gasteiger charge is 2.17. The Balaban J connectivity index is 1.81. The quantitative estimate of drug-likeness (QED) is 0.566. The molecule has 2 N–H and O–H groups in total. The lowest BCUT2D eigenvalue weighted by atomic mass is 10.1. The molecule has 4 aliphatic heterocycles. The summed E-state index contributed by atoms with van der Waals surface area (Å²) >= 11 is 0. The van der Waals surface area contributed by atoms with Gasteiger partial charge in [-0.05, 0) is 74.6 Å². The van der Waals surface area contributed by atoms with Gasteiger partial charge in [0.1, 0.15) is 0 Å². The van der Waals surface area contributed by atoms with Crippen molar-refractivity contribution in [2.75, 3.05) is 0 Å². The summed E-state index contributed by atoms with van der Waals surface area (Å²) in [4.78, 5) is 29.2. The highest BCUT2D eigenvalue weighted by molar-refractivity contribution is 6.20. The Morgan fingerprint density at radius 2 is 1.60 bits per heavy atom. The standard InChI is InChI=1S/C24H18N4O2/c1-13(29)21-9-19-8-17-4-3-15(25-17)7-16-5-6-18(26-16)11-23-22(14(2)30)10-20(28-23)12-24(21)27-19/h3-12,27,30H,1-2H3/b15-7?,18-11?,19-8?,22-14+,24-12?/i9D. The summed E-state index contributed by atoms with van der Waals surface area (Å²) in [6.45, 7) is 3.03. The number of ketones is 1. The van der Waals surface area contributed by atoms with Crippen LogP contribution >= 0.6 is 0 Å². The van der Waals surface area contributed by atoms with Gasteiger partial charge in [-0.15, -0.1) is 0 Å². The Morgan fingerprint density at radius 3 is 2.30 bits per heavy atom. The third kappa shape index (κ3) is 3.28. The number of H-pyrrole nitrogens is 1. The monoisotopic (exact) mass is 395 g/mol. The van der Waals surface area contributed by atoms with Crippen molar-refractivity contribution in [3.8, 4) is 0 Å². The van der Waals surface area contributed by atoms with E-state index in [0.717, 1.165) is 11.4 Å². The van der Waals surface area contributed by atoms with E-state index >= 15 is 0 Å². The number of carbonyl (C=O) groups excluding carboxylic acids is 1. The molecule has 0 radical (unpaired) electrons. The van der Waals surface area contributed by atoms with Crippen molar-refractivity contribution in [2.45, 2.75) is 13.8 Å². The molecule has 6 nitrogen and oxygen atoms in total. The van der Waals surface area contributed by atoms with Crippen LogP contribution in [0.1, 0.15) is 25.6 Å². The van der Waals surface area contributed by atoms with Crippen LogP contribution in [0, 0.1) is 0 Å². The molecule has 0 saturated heterocycles. The van der Waals surface area contributed by atoms with Gasteiger partial charge in [0.2, 0.25) is 0 Å². The number of fused-ring (bicyclic) bond motifs is 5. The Hall–Kier alpha value is -4.06. The van der Waals surface area contributed by atoms with Crippen molar-refractivity contribution < 1.29 is 11.3 Å². The van der Waals surface area contributed by atoms with Crippen molar-refractivity contribution in [2.24, 2.45) is 15.0 Å². The number of hydrogen-bond donors (Lipinski definition) is 2. The number of Topliss-reactive ketones (excluding diaryl/α,β-unsaturated/α-hetero) is 1. The number of aromatic amines is 1. The van der Waals surface area contributed by atoms with Crippen LogP contribution in [0.3, 0.4) is 0 Å². The van der Waals surface area contributed by atoms with Gasteiger partial charge in [0, 0.05) is 16.5 Å². The molecule has 5 rings (SSSR count). The van der Waals surface area contributed by atoms with Crippen LogP contribution in [-0.4, -0.2) is 33.0 Å². The molecule has 8 bridgehead atoms. The lowest BCUT2D eigenvalue weighted by Gasteiger charge is -1.99. The van der Waals surface area contributed by atoms with Crippen LogP contribution in [0.25, 0.3) is 12.2 Å². The first kappa shape index (κ1) is 16.9. The fraction of sp³-hybridized carbons (Fsp3) is 0.0833. The molecular formula is C24H18N4O2. The van der Waals surface area contributed by atoms with Crippen LogP contribution in [0.2, 0.25) is 0 Å². The number of rotatable bonds is 1. The number of allylic oxidation sites excluding steroid dienone is 10. The van der Waals surface area contributed by atoms with E-state index in [2.05, 4.69) is 20.0 Å². The highest BCUT2D eigenvalue weighted by atomic mass is 16.3. The van der Waals surface area contributed by atoms with E-state index < -0.39 is 0 Å². The zero-order valence-electron chi connectivity index (χ0n) is 17.4. The minimum atomic E-state index is -0.216. The molecule has 0 unspecified atom stereocenters. The Morgan fingerprint density at radius 1 is 0.900 bits per heavy atom. The minimum Gasteiger partial charge on any atom is -0.512 e. The Labute approximate surface area is 173 Å². The van der Waals surface area contributed by atoms with Crippen LogP contribution in [-0.2, 0) is 0 Å². The van der Waals surface area contributed by atoms with E-state index in [9.17, 15) is 9.90 Å². The average Bonchev–Trinajstić information content (AvgIpc) is 3.46. The number of carbonyl (C=O) groups is 1. The van der Waals surface area contributed by atoms with Crippen molar-refractivity contribution >= 4 is 35.1 Å². The van der Waals surface area contributed by atoms with E-state index in [1.54, 1.807) is 31.2 Å². The molecule has 146 valence electrons. The summed E-state index contributed by atoms with van der Waals surface area (Å²) in [7, 11) is 0. The first-order valence-corrected chi connectivity index (χ1v) is 9.48. The average molecular weight is 395 g/mol. The molecule has 1 aromatic heterocycles. The maximum absolute atomic E-state index is 12.3. The van der Waals surface area contributed by atoms with Gasteiger partial charge in [-0.1, -0.05) is 0 Å². The molecule has 4 aliphatic rings. The van der Waals surface area contributed by atoms with Crippen LogP contribution in [0.4, 0.5) is 0 Å². The maximum Gasteiger partial charge on any atom is 0.161 e. The zero-order valence-corrected chi connectivity index (χ0v) is 16.4. The molecule has 30 heavy (non-hydrogen) atoms. The van der Waals surface area contributed by atoms with Crippen LogP contribution < -0.4 is 10.7 Å². The van der Waals surface area contributed by atoms with E-state index in [1.807, 2.05) is 30.4 Å². The molecule has 6 heteroatoms. The van der Waals surface area contributed by atoms with Crippen LogP contribution in [0.5, 0.6) is 0 Å². The largest absolute Gasteiger partial charge is 0.512 e. The SMILES string of the molecule is [2H]c1c(C(C)=O)c2[nH]c1=CC1=NC(=CC3=NC(=CC4=NC(=C/C4=C(/C)O)C=2)C=C3)C=C1. The van der Waals surface area contributed by atoms with E-state index in [0.29, 0.717) is 39.1 Å². The molecule has 0 spiro atoms. The number of nitrogens with one attached hydrogen (secondary N) is 1. The molecule has 5 heterocycles. The molecule has 0 saturated carbocycles. The first-order valence-electron chi connectivity index (χ1n) is 9.98. The normalized spacial score (nSPS) is 20.9. The number of aliphatic hydroxyl groups is 1. The number of aliphatic imine (C=N–C) groups is 3. The van der Waals surface area contributed by atoms with Crippen molar-refractivity contribution in [3.63, 3.8) is 0 Å². The predicted molar refractivity (Wildman–Crippen MR) is 119 cm³/mol. The van der Waals surface area contributed by atoms with E-state index in [4.69, 9.17) is 1.37 Å². The molecule has 0 amide bonds. The lowest BCUT2D eigenvalue weighted by Crippen LogP contribution is -2.14. The molecule has 0 fully saturated rings. The summed E-state index contributed by atoms with van der Waals surface area (Å²) in [5, 5.41) is 11.1. The van der Waals surface area contributed by atoms with Crippen molar-refractivity contribution in [1.29, 1.82) is 0 Å². The van der Waals surface area contributed by atoms with Gasteiger partial charge in [0.25, 0.3) is 0 Å². The smallest absolute Gasteiger partial charge is 0.161 e. The second-order valence-electron chi connectivity index (χ2n) is 7.24. The van der Waals surface area contributed by atoms with E-state index in [1.165, 1.54) is 6.92 Å². The van der Waals surface area contributed by atoms with Crippen molar-refractivity contribution in [3.05, 3.63) is 93.3 Å². The Bertz CT molecular complexity index is 1460. The molecule has 0 aromatic carbocycles. The van der Waals surface area contributed by atoms with Gasteiger partial charge in [-0.3, -0.25) is 4.79 Å². The number of nitrogens with zero attached hydrogens (tertiary/aromatic N) is 3. The third-order valence-corrected chi connectivity index (χ3v) is 4.89. The van der Waals surface area contributed by atoms with Gasteiger partial charge in [0.05, 0.1) is 46.7 Å². The number of aliphatic hydroxyl groups excluding tert-OH is 1. The summed E-state index contributed by atoms with van der Waals surface area (Å²) in [6.07, 6.45) is 16.4. The zero-order chi connectivity index (χ0) is 21.7. The van der Waals surface area contributed by atoms with Gasteiger partial charge >= 0.3 is 0 Å². The fourth-order valence-corrected chi connectivity index (χ4v) is 3.52. The minimum absolute atomic E-state index is 0.113. The topological polar surface area (TPSA) is 90.2 Å². The molecule has 0 atom stereocenters. The maximum atomic E-state index is 12.3. The first-order chi connectivity index (χ1) is 14.9. The summed E-state index contributed by atoms with van der Waals surface area (Å²) < 4.78 is 8.49. The van der Waals surface area contributed by atoms with Crippen molar-refractivity contribution in [1.82, 2.24) is 4.98 Å². The Kier molecular flexibility index (Phi) is 3.81. The fourth-order valence-electron chi connectivity index (χ4n) is 3.52. The lowest BCUT2D eigenvalue weighted by molar-refractivity contribution is 0.101. The molecule has 1 aromatic rings. The molecular weight excluding hydrogens is 376 g/mol. The second kappa shape index (κ2) is 6.77. The predicted octanol–water partition coefficient (Wildman–Crippen LogP) is 2.75. The highest BCUT2D eigenvalue weighted by Crippen LogP contribution is 2.23. The third-order valence-electron chi connectivity index (χ3n) is 4.89. The molecule has 0 aliphatic carbocycles. The number of aromatic nitrogens is 1. The van der Waals surface area contributed by atoms with Gasteiger partial charge in [-0.2, -0.15) is 0 Å². The van der Waals surface area contributed by atoms with Gasteiger partial charge in [0.15, 0.2) is 5.78 Å². The summed E-state index contributed by atoms with van der Waals surface area (Å²) in [5.74, 6) is -0.0810. The second-order valence-corrected chi connectivity index (χ2v) is 7.24.